The van der Waals surface area contributed by atoms with Crippen LogP contribution in [-0.4, -0.2) is 48.2 Å². The molecular weight excluding hydrogens is 392 g/mol. The van der Waals surface area contributed by atoms with Gasteiger partial charge in [-0.3, -0.25) is 4.79 Å². The molecule has 1 aromatic heterocycles. The van der Waals surface area contributed by atoms with Crippen LogP contribution in [-0.2, 0) is 14.8 Å². The standard InChI is InChI=1S/C16H20N4O3S3/c1-11-3-5-13(6-4-11)26(22,23)20-9-7-12(8-10-20)14(21)17-15-18-19-16(24-2)25-15/h3-6,12H,7-10H2,1-2H3,(H,17,18,21). The normalized spacial score (nSPS) is 16.5. The molecule has 0 saturated carbocycles. The highest BCUT2D eigenvalue weighted by atomic mass is 32.2. The number of thioether (sulfide) groups is 1. The van der Waals surface area contributed by atoms with E-state index in [4.69, 9.17) is 0 Å². The second kappa shape index (κ2) is 8.03. The van der Waals surface area contributed by atoms with Gasteiger partial charge >= 0.3 is 0 Å². The van der Waals surface area contributed by atoms with Gasteiger partial charge in [0.25, 0.3) is 0 Å². The summed E-state index contributed by atoms with van der Waals surface area (Å²) in [5.74, 6) is -0.345. The van der Waals surface area contributed by atoms with E-state index in [0.717, 1.165) is 9.90 Å². The van der Waals surface area contributed by atoms with Gasteiger partial charge in [-0.25, -0.2) is 8.42 Å². The van der Waals surface area contributed by atoms with E-state index in [9.17, 15) is 13.2 Å². The van der Waals surface area contributed by atoms with E-state index in [1.54, 1.807) is 24.3 Å². The van der Waals surface area contributed by atoms with E-state index in [1.165, 1.54) is 27.4 Å². The van der Waals surface area contributed by atoms with E-state index < -0.39 is 10.0 Å². The van der Waals surface area contributed by atoms with Crippen molar-refractivity contribution in [1.82, 2.24) is 14.5 Å². The molecule has 26 heavy (non-hydrogen) atoms. The molecule has 3 rings (SSSR count). The second-order valence-corrected chi connectivity index (χ2v) is 10.0. The molecule has 7 nitrogen and oxygen atoms in total. The molecule has 0 atom stereocenters. The van der Waals surface area contributed by atoms with Crippen molar-refractivity contribution in [2.45, 2.75) is 29.0 Å². The summed E-state index contributed by atoms with van der Waals surface area (Å²) in [5.41, 5.74) is 1.01. The largest absolute Gasteiger partial charge is 0.300 e. The lowest BCUT2D eigenvalue weighted by atomic mass is 9.97. The van der Waals surface area contributed by atoms with Crippen molar-refractivity contribution in [3.05, 3.63) is 29.8 Å². The van der Waals surface area contributed by atoms with E-state index in [2.05, 4.69) is 15.5 Å². The zero-order valence-electron chi connectivity index (χ0n) is 14.5. The van der Waals surface area contributed by atoms with Crippen LogP contribution in [0.4, 0.5) is 5.13 Å². The molecule has 1 aromatic carbocycles. The molecule has 1 saturated heterocycles. The number of amides is 1. The Balaban J connectivity index is 1.59. The van der Waals surface area contributed by atoms with Gasteiger partial charge in [-0.1, -0.05) is 40.8 Å². The molecular formula is C16H20N4O3S3. The number of sulfonamides is 1. The summed E-state index contributed by atoms with van der Waals surface area (Å²) in [6.45, 7) is 2.58. The first-order valence-electron chi connectivity index (χ1n) is 8.15. The summed E-state index contributed by atoms with van der Waals surface area (Å²) >= 11 is 2.81. The quantitative estimate of drug-likeness (QED) is 0.599. The predicted molar refractivity (Wildman–Crippen MR) is 103 cm³/mol. The molecule has 10 heteroatoms. The van der Waals surface area contributed by atoms with Crippen LogP contribution in [0.2, 0.25) is 0 Å². The Bertz CT molecular complexity index is 872. The van der Waals surface area contributed by atoms with E-state index in [1.807, 2.05) is 13.2 Å². The Hall–Kier alpha value is -1.49. The fourth-order valence-electron chi connectivity index (χ4n) is 2.77. The maximum atomic E-state index is 12.7. The monoisotopic (exact) mass is 412 g/mol. The number of rotatable bonds is 5. The Morgan fingerprint density at radius 1 is 1.23 bits per heavy atom. The number of carbonyl (C=O) groups is 1. The van der Waals surface area contributed by atoms with E-state index >= 15 is 0 Å². The minimum atomic E-state index is -3.51. The van der Waals surface area contributed by atoms with Crippen molar-refractivity contribution >= 4 is 44.2 Å². The molecule has 1 fully saturated rings. The number of aryl methyl sites for hydroxylation is 1. The molecule has 2 heterocycles. The van der Waals surface area contributed by atoms with Crippen LogP contribution in [0.1, 0.15) is 18.4 Å². The van der Waals surface area contributed by atoms with Crippen LogP contribution < -0.4 is 5.32 Å². The van der Waals surface area contributed by atoms with Crippen LogP contribution >= 0.6 is 23.1 Å². The van der Waals surface area contributed by atoms with Crippen LogP contribution in [0.15, 0.2) is 33.5 Å². The molecule has 0 radical (unpaired) electrons. The first-order chi connectivity index (χ1) is 12.4. The third kappa shape index (κ3) is 4.25. The Morgan fingerprint density at radius 2 is 1.88 bits per heavy atom. The minimum Gasteiger partial charge on any atom is -0.300 e. The van der Waals surface area contributed by atoms with Crippen molar-refractivity contribution in [3.63, 3.8) is 0 Å². The Labute approximate surface area is 161 Å². The number of anilines is 1. The molecule has 140 valence electrons. The lowest BCUT2D eigenvalue weighted by molar-refractivity contribution is -0.120. The third-order valence-electron chi connectivity index (χ3n) is 4.29. The predicted octanol–water partition coefficient (Wildman–Crippen LogP) is 2.61. The SMILES string of the molecule is CSc1nnc(NC(=O)C2CCN(S(=O)(=O)c3ccc(C)cc3)CC2)s1. The molecule has 0 spiro atoms. The van der Waals surface area contributed by atoms with Crippen molar-refractivity contribution < 1.29 is 13.2 Å². The molecule has 1 amide bonds. The fourth-order valence-corrected chi connectivity index (χ4v) is 5.41. The topological polar surface area (TPSA) is 92.3 Å². The summed E-state index contributed by atoms with van der Waals surface area (Å²) in [7, 11) is -3.51. The molecule has 0 aliphatic carbocycles. The van der Waals surface area contributed by atoms with E-state index in [-0.39, 0.29) is 11.8 Å². The molecule has 0 unspecified atom stereocenters. The highest BCUT2D eigenvalue weighted by molar-refractivity contribution is 8.00. The summed E-state index contributed by atoms with van der Waals surface area (Å²) in [6, 6.07) is 6.83. The number of aromatic nitrogens is 2. The zero-order valence-corrected chi connectivity index (χ0v) is 17.0. The zero-order chi connectivity index (χ0) is 18.7. The maximum absolute atomic E-state index is 12.7. The summed E-state index contributed by atoms with van der Waals surface area (Å²) in [6.07, 6.45) is 2.88. The number of benzene rings is 1. The average molecular weight is 413 g/mol. The molecule has 0 bridgehead atoms. The number of carbonyl (C=O) groups excluding carboxylic acids is 1. The van der Waals surface area contributed by atoms with Gasteiger partial charge in [-0.05, 0) is 38.2 Å². The first kappa shape index (κ1) is 19.3. The van der Waals surface area contributed by atoms with Gasteiger partial charge in [-0.15, -0.1) is 10.2 Å². The molecule has 1 N–H and O–H groups in total. The second-order valence-electron chi connectivity index (χ2n) is 6.06. The van der Waals surface area contributed by atoms with Crippen LogP contribution in [0, 0.1) is 12.8 Å². The minimum absolute atomic E-state index is 0.124. The summed E-state index contributed by atoms with van der Waals surface area (Å²) in [5, 5.41) is 11.1. The van der Waals surface area contributed by atoms with Gasteiger partial charge in [0.05, 0.1) is 4.90 Å². The van der Waals surface area contributed by atoms with Gasteiger partial charge in [0, 0.05) is 19.0 Å². The first-order valence-corrected chi connectivity index (χ1v) is 11.6. The van der Waals surface area contributed by atoms with Gasteiger partial charge in [0.2, 0.25) is 21.1 Å². The van der Waals surface area contributed by atoms with Crippen molar-refractivity contribution in [2.24, 2.45) is 5.92 Å². The van der Waals surface area contributed by atoms with Crippen LogP contribution in [0.25, 0.3) is 0 Å². The molecule has 1 aliphatic rings. The third-order valence-corrected chi connectivity index (χ3v) is 8.02. The lowest BCUT2D eigenvalue weighted by Crippen LogP contribution is -2.41. The number of piperidine rings is 1. The highest BCUT2D eigenvalue weighted by Crippen LogP contribution is 2.27. The Kier molecular flexibility index (Phi) is 5.96. The number of nitrogens with one attached hydrogen (secondary N) is 1. The molecule has 2 aromatic rings. The Morgan fingerprint density at radius 3 is 2.46 bits per heavy atom. The van der Waals surface area contributed by atoms with Gasteiger partial charge in [0.15, 0.2) is 4.34 Å². The van der Waals surface area contributed by atoms with Gasteiger partial charge in [-0.2, -0.15) is 4.31 Å². The van der Waals surface area contributed by atoms with Crippen molar-refractivity contribution in [2.75, 3.05) is 24.7 Å². The number of hydrogen-bond acceptors (Lipinski definition) is 7. The number of nitrogens with zero attached hydrogens (tertiary/aromatic N) is 3. The van der Waals surface area contributed by atoms with Crippen LogP contribution in [0.3, 0.4) is 0 Å². The molecule has 1 aliphatic heterocycles. The maximum Gasteiger partial charge on any atom is 0.243 e. The summed E-state index contributed by atoms with van der Waals surface area (Å²) < 4.78 is 27.7. The van der Waals surface area contributed by atoms with Crippen molar-refractivity contribution in [3.8, 4) is 0 Å². The van der Waals surface area contributed by atoms with Gasteiger partial charge < -0.3 is 5.32 Å². The fraction of sp³-hybridized carbons (Fsp3) is 0.438. The highest BCUT2D eigenvalue weighted by Gasteiger charge is 2.32. The van der Waals surface area contributed by atoms with Crippen molar-refractivity contribution in [1.29, 1.82) is 0 Å². The lowest BCUT2D eigenvalue weighted by Gasteiger charge is -2.30. The average Bonchev–Trinajstić information content (AvgIpc) is 3.10. The van der Waals surface area contributed by atoms with E-state index in [0.29, 0.717) is 36.0 Å². The number of hydrogen-bond donors (Lipinski definition) is 1. The van der Waals surface area contributed by atoms with Gasteiger partial charge in [0.1, 0.15) is 0 Å². The smallest absolute Gasteiger partial charge is 0.243 e. The summed E-state index contributed by atoms with van der Waals surface area (Å²) in [4.78, 5) is 12.7. The van der Waals surface area contributed by atoms with Crippen LogP contribution in [0.5, 0.6) is 0 Å².